The molecule has 0 aromatic carbocycles. The number of hydrogen-bond donors (Lipinski definition) is 1. The van der Waals surface area contributed by atoms with E-state index in [1.54, 1.807) is 0 Å². The van der Waals surface area contributed by atoms with Crippen molar-refractivity contribution in [2.24, 2.45) is 11.7 Å². The van der Waals surface area contributed by atoms with Crippen LogP contribution in [0.25, 0.3) is 0 Å². The molecule has 1 unspecified atom stereocenters. The molecule has 1 aromatic rings. The monoisotopic (exact) mass is 213 g/mol. The Morgan fingerprint density at radius 2 is 2.14 bits per heavy atom. The molecule has 0 aliphatic rings. The molecule has 1 rings (SSSR count). The molecular formula is C10H19N3S. The molecular weight excluding hydrogens is 194 g/mol. The molecule has 80 valence electrons. The Labute approximate surface area is 89.9 Å². The lowest BCUT2D eigenvalue weighted by atomic mass is 10.0. The highest BCUT2D eigenvalue weighted by molar-refractivity contribution is 7.05. The van der Waals surface area contributed by atoms with E-state index in [-0.39, 0.29) is 6.04 Å². The highest BCUT2D eigenvalue weighted by atomic mass is 32.1. The van der Waals surface area contributed by atoms with Crippen LogP contribution in [0.3, 0.4) is 0 Å². The predicted molar refractivity (Wildman–Crippen MR) is 60.4 cm³/mol. The van der Waals surface area contributed by atoms with E-state index >= 15 is 0 Å². The van der Waals surface area contributed by atoms with Gasteiger partial charge in [-0.05, 0) is 23.9 Å². The summed E-state index contributed by atoms with van der Waals surface area (Å²) in [6.45, 7) is 6.41. The van der Waals surface area contributed by atoms with E-state index in [0.717, 1.165) is 30.1 Å². The van der Waals surface area contributed by atoms with Gasteiger partial charge in [0.15, 0.2) is 0 Å². The molecule has 4 heteroatoms. The predicted octanol–water partition coefficient (Wildman–Crippen LogP) is 2.02. The van der Waals surface area contributed by atoms with Gasteiger partial charge in [0.1, 0.15) is 10.8 Å². The van der Waals surface area contributed by atoms with Crippen molar-refractivity contribution in [1.82, 2.24) is 9.36 Å². The van der Waals surface area contributed by atoms with Gasteiger partial charge in [0.25, 0.3) is 0 Å². The Morgan fingerprint density at radius 1 is 1.43 bits per heavy atom. The van der Waals surface area contributed by atoms with Crippen LogP contribution in [0.5, 0.6) is 0 Å². The maximum Gasteiger partial charge on any atom is 0.142 e. The Bertz CT molecular complexity index is 270. The summed E-state index contributed by atoms with van der Waals surface area (Å²) in [4.78, 5) is 4.45. The summed E-state index contributed by atoms with van der Waals surface area (Å²) >= 11 is 1.49. The standard InChI is InChI=1S/C10H19N3S/c1-4-5-9-12-10(14-13-9)6-8(11)7(2)3/h7-8H,4-6,11H2,1-3H3. The van der Waals surface area contributed by atoms with Crippen LogP contribution in [-0.4, -0.2) is 15.4 Å². The molecule has 0 aliphatic heterocycles. The molecule has 14 heavy (non-hydrogen) atoms. The topological polar surface area (TPSA) is 51.8 Å². The number of rotatable bonds is 5. The summed E-state index contributed by atoms with van der Waals surface area (Å²) in [7, 11) is 0. The van der Waals surface area contributed by atoms with Crippen molar-refractivity contribution in [1.29, 1.82) is 0 Å². The van der Waals surface area contributed by atoms with Crippen molar-refractivity contribution in [3.8, 4) is 0 Å². The minimum Gasteiger partial charge on any atom is -0.327 e. The van der Waals surface area contributed by atoms with Crippen molar-refractivity contribution in [2.45, 2.75) is 46.1 Å². The quantitative estimate of drug-likeness (QED) is 0.814. The van der Waals surface area contributed by atoms with E-state index in [2.05, 4.69) is 30.1 Å². The van der Waals surface area contributed by atoms with Gasteiger partial charge in [0, 0.05) is 18.9 Å². The van der Waals surface area contributed by atoms with Crippen LogP contribution < -0.4 is 5.73 Å². The van der Waals surface area contributed by atoms with Crippen molar-refractivity contribution < 1.29 is 0 Å². The maximum absolute atomic E-state index is 5.97. The van der Waals surface area contributed by atoms with Gasteiger partial charge in [-0.25, -0.2) is 4.98 Å². The Morgan fingerprint density at radius 3 is 2.71 bits per heavy atom. The van der Waals surface area contributed by atoms with Crippen LogP contribution >= 0.6 is 11.5 Å². The summed E-state index contributed by atoms with van der Waals surface area (Å²) < 4.78 is 4.29. The minimum absolute atomic E-state index is 0.206. The third kappa shape index (κ3) is 3.35. The second-order valence-electron chi connectivity index (χ2n) is 3.97. The first-order chi connectivity index (χ1) is 6.63. The molecule has 0 bridgehead atoms. The first-order valence-electron chi connectivity index (χ1n) is 5.20. The second-order valence-corrected chi connectivity index (χ2v) is 4.80. The lowest BCUT2D eigenvalue weighted by Gasteiger charge is -2.12. The lowest BCUT2D eigenvalue weighted by molar-refractivity contribution is 0.489. The first-order valence-corrected chi connectivity index (χ1v) is 5.97. The normalized spacial score (nSPS) is 13.5. The average molecular weight is 213 g/mol. The van der Waals surface area contributed by atoms with E-state index in [0.29, 0.717) is 5.92 Å². The summed E-state index contributed by atoms with van der Waals surface area (Å²) in [6.07, 6.45) is 2.94. The maximum atomic E-state index is 5.97. The highest BCUT2D eigenvalue weighted by Crippen LogP contribution is 2.11. The third-order valence-corrected chi connectivity index (χ3v) is 3.02. The van der Waals surface area contributed by atoms with Crippen LogP contribution in [-0.2, 0) is 12.8 Å². The van der Waals surface area contributed by atoms with Gasteiger partial charge < -0.3 is 5.73 Å². The molecule has 1 heterocycles. The Hall–Kier alpha value is -0.480. The molecule has 0 aliphatic carbocycles. The van der Waals surface area contributed by atoms with Crippen molar-refractivity contribution in [3.63, 3.8) is 0 Å². The fourth-order valence-corrected chi connectivity index (χ4v) is 1.89. The van der Waals surface area contributed by atoms with Crippen molar-refractivity contribution >= 4 is 11.5 Å². The smallest absolute Gasteiger partial charge is 0.142 e. The molecule has 1 aromatic heterocycles. The molecule has 0 fully saturated rings. The Kier molecular flexibility index (Phi) is 4.48. The van der Waals surface area contributed by atoms with Gasteiger partial charge in [-0.15, -0.1) is 0 Å². The van der Waals surface area contributed by atoms with Crippen LogP contribution in [0.1, 0.15) is 38.0 Å². The summed E-state index contributed by atoms with van der Waals surface area (Å²) in [5.74, 6) is 1.48. The zero-order valence-corrected chi connectivity index (χ0v) is 9.97. The summed E-state index contributed by atoms with van der Waals surface area (Å²) in [5.41, 5.74) is 5.97. The van der Waals surface area contributed by atoms with E-state index in [1.807, 2.05) is 0 Å². The molecule has 1 atom stereocenters. The molecule has 0 spiro atoms. The van der Waals surface area contributed by atoms with E-state index in [9.17, 15) is 0 Å². The molecule has 0 amide bonds. The molecule has 0 radical (unpaired) electrons. The van der Waals surface area contributed by atoms with Crippen LogP contribution in [0.4, 0.5) is 0 Å². The summed E-state index contributed by atoms with van der Waals surface area (Å²) in [6, 6.07) is 0.206. The third-order valence-electron chi connectivity index (χ3n) is 2.25. The molecule has 3 nitrogen and oxygen atoms in total. The van der Waals surface area contributed by atoms with Crippen LogP contribution in [0.2, 0.25) is 0 Å². The van der Waals surface area contributed by atoms with Gasteiger partial charge in [0.05, 0.1) is 0 Å². The number of aryl methyl sites for hydroxylation is 1. The van der Waals surface area contributed by atoms with Gasteiger partial charge >= 0.3 is 0 Å². The van der Waals surface area contributed by atoms with Crippen molar-refractivity contribution in [3.05, 3.63) is 10.8 Å². The zero-order chi connectivity index (χ0) is 10.6. The first kappa shape index (κ1) is 11.6. The van der Waals surface area contributed by atoms with E-state index in [1.165, 1.54) is 11.5 Å². The van der Waals surface area contributed by atoms with Gasteiger partial charge in [0.2, 0.25) is 0 Å². The molecule has 0 saturated carbocycles. The number of hydrogen-bond acceptors (Lipinski definition) is 4. The number of nitrogens with zero attached hydrogens (tertiary/aromatic N) is 2. The molecule has 2 N–H and O–H groups in total. The second kappa shape index (κ2) is 5.41. The average Bonchev–Trinajstić information content (AvgIpc) is 2.53. The van der Waals surface area contributed by atoms with Crippen LogP contribution in [0.15, 0.2) is 0 Å². The van der Waals surface area contributed by atoms with Crippen molar-refractivity contribution in [2.75, 3.05) is 0 Å². The number of nitrogens with two attached hydrogens (primary N) is 1. The van der Waals surface area contributed by atoms with Crippen LogP contribution in [0, 0.1) is 5.92 Å². The fraction of sp³-hybridized carbons (Fsp3) is 0.800. The Balaban J connectivity index is 2.50. The van der Waals surface area contributed by atoms with Gasteiger partial charge in [-0.2, -0.15) is 4.37 Å². The largest absolute Gasteiger partial charge is 0.327 e. The van der Waals surface area contributed by atoms with Gasteiger partial charge in [-0.1, -0.05) is 20.8 Å². The van der Waals surface area contributed by atoms with E-state index < -0.39 is 0 Å². The van der Waals surface area contributed by atoms with E-state index in [4.69, 9.17) is 5.73 Å². The highest BCUT2D eigenvalue weighted by Gasteiger charge is 2.11. The number of aromatic nitrogens is 2. The minimum atomic E-state index is 0.206. The fourth-order valence-electron chi connectivity index (χ4n) is 1.14. The SMILES string of the molecule is CCCc1nsc(CC(N)C(C)C)n1. The van der Waals surface area contributed by atoms with Gasteiger partial charge in [-0.3, -0.25) is 0 Å². The lowest BCUT2D eigenvalue weighted by Crippen LogP contribution is -2.28. The summed E-state index contributed by atoms with van der Waals surface area (Å²) in [5, 5.41) is 1.08. The molecule has 0 saturated heterocycles. The zero-order valence-electron chi connectivity index (χ0n) is 9.16.